The fourth-order valence-electron chi connectivity index (χ4n) is 0.442. The van der Waals surface area contributed by atoms with Gasteiger partial charge in [-0.2, -0.15) is 0 Å². The highest BCUT2D eigenvalue weighted by molar-refractivity contribution is 5.02. The van der Waals surface area contributed by atoms with Gasteiger partial charge in [-0.1, -0.05) is 12.2 Å². The van der Waals surface area contributed by atoms with Gasteiger partial charge < -0.3 is 0 Å². The first-order valence-electron chi connectivity index (χ1n) is 2.29. The first-order chi connectivity index (χ1) is 3.43. The van der Waals surface area contributed by atoms with E-state index in [1.165, 1.54) is 7.11 Å². The monoisotopic (exact) mass is 100 g/mol. The minimum absolute atomic E-state index is 0.227. The van der Waals surface area contributed by atoms with Gasteiger partial charge in [-0.05, 0) is 6.42 Å². The van der Waals surface area contributed by atoms with Gasteiger partial charge in [0, 0.05) is 0 Å². The van der Waals surface area contributed by atoms with Crippen LogP contribution in [0.5, 0.6) is 0 Å². The van der Waals surface area contributed by atoms with Crippen LogP contribution in [0.2, 0.25) is 0 Å². The topological polar surface area (TPSA) is 18.5 Å². The van der Waals surface area contributed by atoms with Gasteiger partial charge in [0.15, 0.2) is 0 Å². The van der Waals surface area contributed by atoms with Crippen molar-refractivity contribution in [2.75, 3.05) is 7.11 Å². The summed E-state index contributed by atoms with van der Waals surface area (Å²) in [6.07, 6.45) is 5.23. The van der Waals surface area contributed by atoms with Crippen molar-refractivity contribution in [2.24, 2.45) is 0 Å². The minimum Gasteiger partial charge on any atom is -0.239 e. The quantitative estimate of drug-likeness (QED) is 0.291. The Hall–Kier alpha value is -0.340. The number of rotatable bonds is 2. The molecule has 0 saturated carbocycles. The second-order valence-electron chi connectivity index (χ2n) is 1.47. The third-order valence-electron chi connectivity index (χ3n) is 0.939. The van der Waals surface area contributed by atoms with E-state index >= 15 is 0 Å². The smallest absolute Gasteiger partial charge is 0.114 e. The Kier molecular flexibility index (Phi) is 1.44. The second-order valence-corrected chi connectivity index (χ2v) is 1.47. The molecule has 40 valence electrons. The molecule has 0 saturated heterocycles. The molecule has 7 heavy (non-hydrogen) atoms. The molecule has 0 radical (unpaired) electrons. The summed E-state index contributed by atoms with van der Waals surface area (Å²) in [5.74, 6) is 0. The first-order valence-corrected chi connectivity index (χ1v) is 2.29. The van der Waals surface area contributed by atoms with Crippen LogP contribution in [0.25, 0.3) is 0 Å². The summed E-state index contributed by atoms with van der Waals surface area (Å²) >= 11 is 0. The van der Waals surface area contributed by atoms with Gasteiger partial charge in [0.05, 0.1) is 7.11 Å². The molecule has 0 heterocycles. The van der Waals surface area contributed by atoms with E-state index in [-0.39, 0.29) is 6.10 Å². The molecular formula is C5H8O2. The van der Waals surface area contributed by atoms with Gasteiger partial charge in [-0.25, -0.2) is 9.78 Å². The van der Waals surface area contributed by atoms with Crippen LogP contribution in [0.15, 0.2) is 12.2 Å². The van der Waals surface area contributed by atoms with Crippen LogP contribution in [0.4, 0.5) is 0 Å². The maximum absolute atomic E-state index is 4.69. The lowest BCUT2D eigenvalue weighted by Gasteiger charge is -2.14. The molecule has 0 bridgehead atoms. The Labute approximate surface area is 42.7 Å². The van der Waals surface area contributed by atoms with Crippen molar-refractivity contribution in [1.29, 1.82) is 0 Å². The Morgan fingerprint density at radius 1 is 1.71 bits per heavy atom. The lowest BCUT2D eigenvalue weighted by Crippen LogP contribution is -2.13. The highest BCUT2D eigenvalue weighted by atomic mass is 17.2. The van der Waals surface area contributed by atoms with Crippen molar-refractivity contribution in [3.05, 3.63) is 12.2 Å². The van der Waals surface area contributed by atoms with Crippen LogP contribution in [-0.4, -0.2) is 13.2 Å². The summed E-state index contributed by atoms with van der Waals surface area (Å²) in [6.45, 7) is 0. The van der Waals surface area contributed by atoms with Crippen molar-refractivity contribution in [2.45, 2.75) is 12.5 Å². The molecule has 0 aromatic carbocycles. The first kappa shape index (κ1) is 4.81. The minimum atomic E-state index is 0.227. The van der Waals surface area contributed by atoms with Crippen LogP contribution >= 0.6 is 0 Å². The predicted octanol–water partition coefficient (Wildman–Crippen LogP) is 0.893. The summed E-state index contributed by atoms with van der Waals surface area (Å²) in [7, 11) is 1.52. The molecule has 1 rings (SSSR count). The number of hydrogen-bond donors (Lipinski definition) is 0. The summed E-state index contributed by atoms with van der Waals surface area (Å²) in [5, 5.41) is 0. The molecule has 0 aromatic heterocycles. The largest absolute Gasteiger partial charge is 0.239 e. The molecule has 0 spiro atoms. The highest BCUT2D eigenvalue weighted by Gasteiger charge is 2.08. The number of hydrogen-bond acceptors (Lipinski definition) is 2. The lowest BCUT2D eigenvalue weighted by molar-refractivity contribution is -0.295. The third-order valence-corrected chi connectivity index (χ3v) is 0.939. The lowest BCUT2D eigenvalue weighted by atomic mass is 10.1. The van der Waals surface area contributed by atoms with Crippen molar-refractivity contribution >= 4 is 0 Å². The van der Waals surface area contributed by atoms with Gasteiger partial charge in [-0.15, -0.1) is 0 Å². The van der Waals surface area contributed by atoms with Crippen LogP contribution in [0.1, 0.15) is 6.42 Å². The van der Waals surface area contributed by atoms with Crippen LogP contribution < -0.4 is 0 Å². The molecule has 1 unspecified atom stereocenters. The molecule has 1 atom stereocenters. The molecule has 0 aliphatic heterocycles. The van der Waals surface area contributed by atoms with Gasteiger partial charge in [0.2, 0.25) is 0 Å². The van der Waals surface area contributed by atoms with E-state index in [9.17, 15) is 0 Å². The van der Waals surface area contributed by atoms with E-state index in [0.29, 0.717) is 0 Å². The molecule has 0 N–H and O–H groups in total. The molecule has 2 heteroatoms. The van der Waals surface area contributed by atoms with Crippen molar-refractivity contribution in [1.82, 2.24) is 0 Å². The van der Waals surface area contributed by atoms with Gasteiger partial charge in [-0.3, -0.25) is 0 Å². The van der Waals surface area contributed by atoms with Gasteiger partial charge >= 0.3 is 0 Å². The summed E-state index contributed by atoms with van der Waals surface area (Å²) < 4.78 is 0. The second kappa shape index (κ2) is 2.09. The summed E-state index contributed by atoms with van der Waals surface area (Å²) in [6, 6.07) is 0. The highest BCUT2D eigenvalue weighted by Crippen LogP contribution is 2.10. The molecule has 1 aliphatic carbocycles. The van der Waals surface area contributed by atoms with Gasteiger partial charge in [0.25, 0.3) is 0 Å². The zero-order valence-corrected chi connectivity index (χ0v) is 4.26. The van der Waals surface area contributed by atoms with E-state index < -0.39 is 0 Å². The maximum atomic E-state index is 4.69. The van der Waals surface area contributed by atoms with Gasteiger partial charge in [0.1, 0.15) is 6.10 Å². The molecular weight excluding hydrogens is 92.1 g/mol. The molecule has 2 nitrogen and oxygen atoms in total. The van der Waals surface area contributed by atoms with E-state index in [2.05, 4.69) is 4.89 Å². The fraction of sp³-hybridized carbons (Fsp3) is 0.600. The average molecular weight is 100 g/mol. The van der Waals surface area contributed by atoms with Crippen LogP contribution in [-0.2, 0) is 9.78 Å². The Morgan fingerprint density at radius 3 is 2.57 bits per heavy atom. The molecule has 0 aromatic rings. The van der Waals surface area contributed by atoms with E-state index in [0.717, 1.165) is 6.42 Å². The summed E-state index contributed by atoms with van der Waals surface area (Å²) in [5.41, 5.74) is 0. The van der Waals surface area contributed by atoms with Crippen molar-refractivity contribution in [3.8, 4) is 0 Å². The van der Waals surface area contributed by atoms with E-state index in [4.69, 9.17) is 4.89 Å². The van der Waals surface area contributed by atoms with Crippen molar-refractivity contribution in [3.63, 3.8) is 0 Å². The SMILES string of the molecule is COOC1C=CC1. The maximum Gasteiger partial charge on any atom is 0.114 e. The average Bonchev–Trinajstić information content (AvgIpc) is 1.55. The Morgan fingerprint density at radius 2 is 2.43 bits per heavy atom. The van der Waals surface area contributed by atoms with Crippen LogP contribution in [0.3, 0.4) is 0 Å². The zero-order valence-electron chi connectivity index (χ0n) is 4.26. The Balaban J connectivity index is 2.06. The third kappa shape index (κ3) is 1.01. The molecule has 0 amide bonds. The van der Waals surface area contributed by atoms with Crippen LogP contribution in [0, 0.1) is 0 Å². The fourth-order valence-corrected chi connectivity index (χ4v) is 0.442. The molecule has 0 fully saturated rings. The standard InChI is InChI=1S/C5H8O2/c1-6-7-5-3-2-4-5/h2-3,5H,4H2,1H3. The zero-order chi connectivity index (χ0) is 5.11. The normalized spacial score (nSPS) is 27.3. The summed E-state index contributed by atoms with van der Waals surface area (Å²) in [4.78, 5) is 9.09. The Bertz CT molecular complexity index is 78.1. The van der Waals surface area contributed by atoms with E-state index in [1.54, 1.807) is 0 Å². The molecule has 1 aliphatic rings. The van der Waals surface area contributed by atoms with Crippen molar-refractivity contribution < 1.29 is 9.78 Å². The van der Waals surface area contributed by atoms with E-state index in [1.807, 2.05) is 12.2 Å². The predicted molar refractivity (Wildman–Crippen MR) is 25.6 cm³/mol.